The van der Waals surface area contributed by atoms with E-state index in [0.29, 0.717) is 10.7 Å². The number of halogens is 2. The van der Waals surface area contributed by atoms with Gasteiger partial charge in [0.2, 0.25) is 5.91 Å². The minimum absolute atomic E-state index is 0.0407. The Kier molecular flexibility index (Phi) is 4.93. The van der Waals surface area contributed by atoms with Crippen LogP contribution in [0.4, 0.5) is 9.52 Å². The molecule has 0 spiro atoms. The van der Waals surface area contributed by atoms with E-state index < -0.39 is 5.82 Å². The van der Waals surface area contributed by atoms with Crippen molar-refractivity contribution in [2.24, 2.45) is 0 Å². The quantitative estimate of drug-likeness (QED) is 0.702. The minimum atomic E-state index is -0.533. The highest BCUT2D eigenvalue weighted by Crippen LogP contribution is 2.32. The summed E-state index contributed by atoms with van der Waals surface area (Å²) in [6, 6.07) is 4.33. The lowest BCUT2D eigenvalue weighted by Crippen LogP contribution is -2.14. The Morgan fingerprint density at radius 2 is 2.12 bits per heavy atom. The van der Waals surface area contributed by atoms with Gasteiger partial charge >= 0.3 is 0 Å². The molecular formula is C16H13ClFN3OS2. The van der Waals surface area contributed by atoms with Crippen LogP contribution in [-0.2, 0) is 11.2 Å². The van der Waals surface area contributed by atoms with Crippen LogP contribution in [0.15, 0.2) is 23.6 Å². The van der Waals surface area contributed by atoms with Gasteiger partial charge in [0.15, 0.2) is 5.13 Å². The molecule has 3 aromatic rings. The second kappa shape index (κ2) is 6.96. The molecule has 1 amide bonds. The van der Waals surface area contributed by atoms with E-state index in [2.05, 4.69) is 15.3 Å². The Morgan fingerprint density at radius 1 is 1.33 bits per heavy atom. The van der Waals surface area contributed by atoms with Crippen molar-refractivity contribution in [2.45, 2.75) is 20.3 Å². The molecule has 8 heteroatoms. The molecule has 0 aliphatic heterocycles. The van der Waals surface area contributed by atoms with Crippen molar-refractivity contribution in [3.63, 3.8) is 0 Å². The zero-order valence-corrected chi connectivity index (χ0v) is 15.3. The number of amides is 1. The number of aromatic nitrogens is 2. The molecule has 2 aromatic heterocycles. The molecule has 0 fully saturated rings. The third-order valence-corrected chi connectivity index (χ3v) is 5.40. The Morgan fingerprint density at radius 3 is 2.79 bits per heavy atom. The van der Waals surface area contributed by atoms with Crippen molar-refractivity contribution in [1.82, 2.24) is 9.97 Å². The van der Waals surface area contributed by atoms with E-state index in [4.69, 9.17) is 11.6 Å². The molecule has 0 unspecified atom stereocenters. The van der Waals surface area contributed by atoms with Crippen LogP contribution < -0.4 is 5.32 Å². The van der Waals surface area contributed by atoms with Crippen molar-refractivity contribution in [3.8, 4) is 10.6 Å². The van der Waals surface area contributed by atoms with E-state index in [1.165, 1.54) is 23.5 Å². The number of aryl methyl sites for hydroxylation is 2. The smallest absolute Gasteiger partial charge is 0.230 e. The summed E-state index contributed by atoms with van der Waals surface area (Å²) in [4.78, 5) is 21.9. The number of anilines is 1. The summed E-state index contributed by atoms with van der Waals surface area (Å²) in [7, 11) is 0. The second-order valence-corrected chi connectivity index (χ2v) is 7.63. The van der Waals surface area contributed by atoms with E-state index in [1.54, 1.807) is 17.4 Å². The molecule has 0 aliphatic rings. The standard InChI is InChI=1S/C16H13ClFN3OS2/c1-8-15(24-9(2)19-8)13-7-23-16(20-13)21-14(22)6-10-3-4-11(17)12(18)5-10/h3-5,7H,6H2,1-2H3,(H,20,21,22). The number of hydrogen-bond acceptors (Lipinski definition) is 5. The van der Waals surface area contributed by atoms with E-state index in [0.717, 1.165) is 21.3 Å². The Balaban J connectivity index is 1.69. The maximum Gasteiger partial charge on any atom is 0.230 e. The first kappa shape index (κ1) is 17.0. The summed E-state index contributed by atoms with van der Waals surface area (Å²) in [5.74, 6) is -0.788. The molecular weight excluding hydrogens is 369 g/mol. The van der Waals surface area contributed by atoms with E-state index in [9.17, 15) is 9.18 Å². The van der Waals surface area contributed by atoms with Gasteiger partial charge in [-0.1, -0.05) is 17.7 Å². The Hall–Kier alpha value is -1.83. The fraction of sp³-hybridized carbons (Fsp3) is 0.188. The molecule has 0 radical (unpaired) electrons. The van der Waals surface area contributed by atoms with Crippen molar-refractivity contribution in [2.75, 3.05) is 5.32 Å². The molecule has 0 saturated carbocycles. The molecule has 2 heterocycles. The lowest BCUT2D eigenvalue weighted by molar-refractivity contribution is -0.115. The number of carbonyl (C=O) groups is 1. The second-order valence-electron chi connectivity index (χ2n) is 5.16. The molecule has 3 rings (SSSR count). The predicted molar refractivity (Wildman–Crippen MR) is 96.4 cm³/mol. The summed E-state index contributed by atoms with van der Waals surface area (Å²) in [6.45, 7) is 3.88. The lowest BCUT2D eigenvalue weighted by atomic mass is 10.1. The predicted octanol–water partition coefficient (Wildman–Crippen LogP) is 4.86. The average Bonchev–Trinajstić information content (AvgIpc) is 3.09. The van der Waals surface area contributed by atoms with Crippen LogP contribution in [0.1, 0.15) is 16.3 Å². The zero-order chi connectivity index (χ0) is 17.3. The van der Waals surface area contributed by atoms with Gasteiger partial charge < -0.3 is 5.32 Å². The van der Waals surface area contributed by atoms with Crippen LogP contribution >= 0.6 is 34.3 Å². The first-order valence-electron chi connectivity index (χ1n) is 7.06. The van der Waals surface area contributed by atoms with Gasteiger partial charge in [0.05, 0.1) is 32.7 Å². The van der Waals surface area contributed by atoms with Gasteiger partial charge in [0.1, 0.15) is 5.82 Å². The summed E-state index contributed by atoms with van der Waals surface area (Å²) in [5.41, 5.74) is 2.29. The summed E-state index contributed by atoms with van der Waals surface area (Å²) >= 11 is 8.55. The van der Waals surface area contributed by atoms with Crippen LogP contribution in [0, 0.1) is 19.7 Å². The van der Waals surface area contributed by atoms with Gasteiger partial charge in [0.25, 0.3) is 0 Å². The van der Waals surface area contributed by atoms with Crippen LogP contribution in [0.25, 0.3) is 10.6 Å². The number of nitrogens with zero attached hydrogens (tertiary/aromatic N) is 2. The van der Waals surface area contributed by atoms with Crippen molar-refractivity contribution in [3.05, 3.63) is 50.7 Å². The van der Waals surface area contributed by atoms with Gasteiger partial charge in [-0.25, -0.2) is 14.4 Å². The number of thiazole rings is 2. The minimum Gasteiger partial charge on any atom is -0.302 e. The molecule has 1 N–H and O–H groups in total. The largest absolute Gasteiger partial charge is 0.302 e. The van der Waals surface area contributed by atoms with E-state index >= 15 is 0 Å². The SMILES string of the molecule is Cc1nc(C)c(-c2csc(NC(=O)Cc3ccc(Cl)c(F)c3)n2)s1. The topological polar surface area (TPSA) is 54.9 Å². The molecule has 0 aliphatic carbocycles. The number of nitrogens with one attached hydrogen (secondary N) is 1. The highest BCUT2D eigenvalue weighted by atomic mass is 35.5. The lowest BCUT2D eigenvalue weighted by Gasteiger charge is -2.03. The van der Waals surface area contributed by atoms with E-state index in [1.807, 2.05) is 19.2 Å². The normalized spacial score (nSPS) is 10.8. The molecule has 124 valence electrons. The Bertz CT molecular complexity index is 907. The Labute approximate surface area is 151 Å². The first-order chi connectivity index (χ1) is 11.4. The van der Waals surface area contributed by atoms with Gasteiger partial charge in [0, 0.05) is 5.38 Å². The van der Waals surface area contributed by atoms with Crippen LogP contribution in [0.3, 0.4) is 0 Å². The number of hydrogen-bond donors (Lipinski definition) is 1. The van der Waals surface area contributed by atoms with Crippen LogP contribution in [-0.4, -0.2) is 15.9 Å². The summed E-state index contributed by atoms with van der Waals surface area (Å²) in [5, 5.41) is 6.15. The maximum absolute atomic E-state index is 13.4. The highest BCUT2D eigenvalue weighted by molar-refractivity contribution is 7.16. The third-order valence-electron chi connectivity index (χ3n) is 3.24. The van der Waals surface area contributed by atoms with Crippen LogP contribution in [0.2, 0.25) is 5.02 Å². The van der Waals surface area contributed by atoms with Crippen molar-refractivity contribution < 1.29 is 9.18 Å². The number of rotatable bonds is 4. The number of carbonyl (C=O) groups excluding carboxylic acids is 1. The van der Waals surface area contributed by atoms with E-state index in [-0.39, 0.29) is 17.4 Å². The highest BCUT2D eigenvalue weighted by Gasteiger charge is 2.13. The molecule has 0 bridgehead atoms. The molecule has 24 heavy (non-hydrogen) atoms. The monoisotopic (exact) mass is 381 g/mol. The van der Waals surface area contributed by atoms with Crippen LogP contribution in [0.5, 0.6) is 0 Å². The molecule has 4 nitrogen and oxygen atoms in total. The maximum atomic E-state index is 13.4. The zero-order valence-electron chi connectivity index (χ0n) is 12.9. The van der Waals surface area contributed by atoms with Gasteiger partial charge in [-0.3, -0.25) is 4.79 Å². The first-order valence-corrected chi connectivity index (χ1v) is 9.13. The van der Waals surface area contributed by atoms with Crippen molar-refractivity contribution in [1.29, 1.82) is 0 Å². The summed E-state index contributed by atoms with van der Waals surface area (Å²) < 4.78 is 13.4. The number of benzene rings is 1. The van der Waals surface area contributed by atoms with Gasteiger partial charge in [-0.05, 0) is 31.5 Å². The van der Waals surface area contributed by atoms with Gasteiger partial charge in [-0.2, -0.15) is 0 Å². The van der Waals surface area contributed by atoms with Gasteiger partial charge in [-0.15, -0.1) is 22.7 Å². The van der Waals surface area contributed by atoms with Crippen molar-refractivity contribution >= 4 is 45.3 Å². The average molecular weight is 382 g/mol. The fourth-order valence-electron chi connectivity index (χ4n) is 2.20. The molecule has 1 aromatic carbocycles. The summed E-state index contributed by atoms with van der Waals surface area (Å²) in [6.07, 6.45) is 0.0572. The third kappa shape index (κ3) is 3.80. The fourth-order valence-corrected chi connectivity index (χ4v) is 3.99. The molecule has 0 atom stereocenters. The molecule has 0 saturated heterocycles.